The molecule has 1 fully saturated rings. The summed E-state index contributed by atoms with van der Waals surface area (Å²) in [5.74, 6) is 0. The summed E-state index contributed by atoms with van der Waals surface area (Å²) in [7, 11) is 0. The third kappa shape index (κ3) is 3.04. The molecular weight excluding hydrogens is 248 g/mol. The predicted molar refractivity (Wildman–Crippen MR) is 74.7 cm³/mol. The topological polar surface area (TPSA) is 49.5 Å². The van der Waals surface area contributed by atoms with Gasteiger partial charge in [0.05, 0.1) is 6.61 Å². The SMILES string of the molecule is NCC(c1cccc(Cl)c1)N(CCO)C1CCC1. The van der Waals surface area contributed by atoms with E-state index in [1.807, 2.05) is 18.2 Å². The molecule has 4 heteroatoms. The minimum atomic E-state index is 0.154. The molecule has 0 spiro atoms. The Hall–Kier alpha value is -0.610. The van der Waals surface area contributed by atoms with E-state index in [4.69, 9.17) is 17.3 Å². The second kappa shape index (κ2) is 6.53. The van der Waals surface area contributed by atoms with Crippen LogP contribution in [0.1, 0.15) is 30.9 Å². The van der Waals surface area contributed by atoms with Crippen LogP contribution in [0.2, 0.25) is 5.02 Å². The summed E-state index contributed by atoms with van der Waals surface area (Å²) in [6.07, 6.45) is 3.69. The molecule has 1 saturated carbocycles. The Morgan fingerprint density at radius 2 is 2.22 bits per heavy atom. The van der Waals surface area contributed by atoms with Crippen LogP contribution >= 0.6 is 11.6 Å². The Labute approximate surface area is 114 Å². The van der Waals surface area contributed by atoms with Crippen LogP contribution in [0, 0.1) is 0 Å². The van der Waals surface area contributed by atoms with Crippen molar-refractivity contribution in [2.75, 3.05) is 19.7 Å². The second-order valence-corrected chi connectivity index (χ2v) is 5.29. The molecule has 0 radical (unpaired) electrons. The molecule has 1 aliphatic carbocycles. The molecule has 3 N–H and O–H groups in total. The maximum Gasteiger partial charge on any atom is 0.0558 e. The van der Waals surface area contributed by atoms with Gasteiger partial charge in [-0.2, -0.15) is 0 Å². The molecule has 3 nitrogen and oxygen atoms in total. The first-order valence-corrected chi connectivity index (χ1v) is 6.96. The van der Waals surface area contributed by atoms with Crippen molar-refractivity contribution in [3.63, 3.8) is 0 Å². The maximum atomic E-state index is 9.24. The molecule has 0 amide bonds. The van der Waals surface area contributed by atoms with Gasteiger partial charge < -0.3 is 10.8 Å². The minimum absolute atomic E-state index is 0.154. The van der Waals surface area contributed by atoms with Crippen molar-refractivity contribution in [2.24, 2.45) is 5.73 Å². The normalized spacial score (nSPS) is 17.8. The van der Waals surface area contributed by atoms with E-state index in [9.17, 15) is 5.11 Å². The van der Waals surface area contributed by atoms with Crippen LogP contribution in [0.3, 0.4) is 0 Å². The first kappa shape index (κ1) is 13.8. The summed E-state index contributed by atoms with van der Waals surface area (Å²) in [5, 5.41) is 9.98. The van der Waals surface area contributed by atoms with Gasteiger partial charge in [-0.05, 0) is 30.5 Å². The van der Waals surface area contributed by atoms with Crippen LogP contribution in [-0.4, -0.2) is 35.7 Å². The highest BCUT2D eigenvalue weighted by Crippen LogP contribution is 2.32. The molecule has 0 aromatic heterocycles. The van der Waals surface area contributed by atoms with Crippen LogP contribution < -0.4 is 5.73 Å². The van der Waals surface area contributed by atoms with Crippen LogP contribution in [0.15, 0.2) is 24.3 Å². The van der Waals surface area contributed by atoms with Gasteiger partial charge >= 0.3 is 0 Å². The maximum absolute atomic E-state index is 9.24. The lowest BCUT2D eigenvalue weighted by Crippen LogP contribution is -2.46. The van der Waals surface area contributed by atoms with Gasteiger partial charge in [-0.1, -0.05) is 30.2 Å². The van der Waals surface area contributed by atoms with E-state index in [2.05, 4.69) is 11.0 Å². The van der Waals surface area contributed by atoms with Crippen molar-refractivity contribution >= 4 is 11.6 Å². The van der Waals surface area contributed by atoms with E-state index in [-0.39, 0.29) is 12.6 Å². The van der Waals surface area contributed by atoms with E-state index in [1.54, 1.807) is 0 Å². The average Bonchev–Trinajstić information content (AvgIpc) is 2.28. The number of halogens is 1. The lowest BCUT2D eigenvalue weighted by molar-refractivity contribution is 0.0623. The summed E-state index contributed by atoms with van der Waals surface area (Å²) >= 11 is 6.05. The monoisotopic (exact) mass is 268 g/mol. The number of aliphatic hydroxyl groups excluding tert-OH is 1. The molecule has 0 saturated heterocycles. The van der Waals surface area contributed by atoms with Crippen LogP contribution in [0.4, 0.5) is 0 Å². The van der Waals surface area contributed by atoms with Crippen molar-refractivity contribution < 1.29 is 5.11 Å². The van der Waals surface area contributed by atoms with Crippen molar-refractivity contribution in [3.05, 3.63) is 34.9 Å². The lowest BCUT2D eigenvalue weighted by atomic mass is 9.89. The van der Waals surface area contributed by atoms with Crippen molar-refractivity contribution in [3.8, 4) is 0 Å². The molecule has 1 atom stereocenters. The summed E-state index contributed by atoms with van der Waals surface area (Å²) in [4.78, 5) is 2.33. The van der Waals surface area contributed by atoms with E-state index >= 15 is 0 Å². The first-order chi connectivity index (χ1) is 8.76. The first-order valence-electron chi connectivity index (χ1n) is 6.58. The number of benzene rings is 1. The summed E-state index contributed by atoms with van der Waals surface area (Å²) in [6, 6.07) is 8.58. The molecule has 0 bridgehead atoms. The smallest absolute Gasteiger partial charge is 0.0558 e. The lowest BCUT2D eigenvalue weighted by Gasteiger charge is -2.42. The molecule has 1 aromatic rings. The number of hydrogen-bond acceptors (Lipinski definition) is 3. The van der Waals surface area contributed by atoms with Gasteiger partial charge in [0.15, 0.2) is 0 Å². The Kier molecular flexibility index (Phi) is 5.01. The van der Waals surface area contributed by atoms with Gasteiger partial charge in [0.25, 0.3) is 0 Å². The van der Waals surface area contributed by atoms with Gasteiger partial charge in [0.2, 0.25) is 0 Å². The van der Waals surface area contributed by atoms with Crippen LogP contribution in [0.5, 0.6) is 0 Å². The third-order valence-electron chi connectivity index (χ3n) is 3.76. The van der Waals surface area contributed by atoms with Gasteiger partial charge in [0, 0.05) is 30.2 Å². The number of hydrogen-bond donors (Lipinski definition) is 2. The molecule has 18 heavy (non-hydrogen) atoms. The number of nitrogens with zero attached hydrogens (tertiary/aromatic N) is 1. The largest absolute Gasteiger partial charge is 0.395 e. The van der Waals surface area contributed by atoms with Gasteiger partial charge in [-0.25, -0.2) is 0 Å². The quantitative estimate of drug-likeness (QED) is 0.832. The van der Waals surface area contributed by atoms with E-state index in [0.717, 1.165) is 10.6 Å². The zero-order valence-corrected chi connectivity index (χ0v) is 11.3. The minimum Gasteiger partial charge on any atom is -0.395 e. The second-order valence-electron chi connectivity index (χ2n) is 4.85. The average molecular weight is 269 g/mol. The Balaban J connectivity index is 2.18. The fourth-order valence-electron chi connectivity index (χ4n) is 2.60. The fraction of sp³-hybridized carbons (Fsp3) is 0.571. The molecule has 2 rings (SSSR count). The van der Waals surface area contributed by atoms with E-state index < -0.39 is 0 Å². The zero-order valence-electron chi connectivity index (χ0n) is 10.6. The summed E-state index contributed by atoms with van der Waals surface area (Å²) in [6.45, 7) is 1.41. The van der Waals surface area contributed by atoms with E-state index in [0.29, 0.717) is 19.1 Å². The van der Waals surface area contributed by atoms with Gasteiger partial charge in [-0.15, -0.1) is 0 Å². The summed E-state index contributed by atoms with van der Waals surface area (Å²) < 4.78 is 0. The highest BCUT2D eigenvalue weighted by atomic mass is 35.5. The molecule has 100 valence electrons. The van der Waals surface area contributed by atoms with Gasteiger partial charge in [0.1, 0.15) is 0 Å². The standard InChI is InChI=1S/C14H21ClN2O/c15-12-4-1-3-11(9-12)14(10-16)17(7-8-18)13-5-2-6-13/h1,3-4,9,13-14,18H,2,5-8,10,16H2. The third-order valence-corrected chi connectivity index (χ3v) is 3.99. The number of rotatable bonds is 6. The van der Waals surface area contributed by atoms with Crippen molar-refractivity contribution in [1.82, 2.24) is 4.90 Å². The molecule has 1 unspecified atom stereocenters. The van der Waals surface area contributed by atoms with Crippen molar-refractivity contribution in [2.45, 2.75) is 31.3 Å². The van der Waals surface area contributed by atoms with E-state index in [1.165, 1.54) is 19.3 Å². The summed E-state index contributed by atoms with van der Waals surface area (Å²) in [5.41, 5.74) is 7.08. The predicted octanol–water partition coefficient (Wildman–Crippen LogP) is 2.19. The molecular formula is C14H21ClN2O. The highest BCUT2D eigenvalue weighted by Gasteiger charge is 2.30. The Bertz CT molecular complexity index is 382. The number of nitrogens with two attached hydrogens (primary N) is 1. The van der Waals surface area contributed by atoms with Crippen molar-refractivity contribution in [1.29, 1.82) is 0 Å². The number of aliphatic hydroxyl groups is 1. The molecule has 0 heterocycles. The Morgan fingerprint density at radius 3 is 2.72 bits per heavy atom. The highest BCUT2D eigenvalue weighted by molar-refractivity contribution is 6.30. The fourth-order valence-corrected chi connectivity index (χ4v) is 2.80. The molecule has 0 aliphatic heterocycles. The van der Waals surface area contributed by atoms with Crippen LogP contribution in [0.25, 0.3) is 0 Å². The van der Waals surface area contributed by atoms with Crippen LogP contribution in [-0.2, 0) is 0 Å². The van der Waals surface area contributed by atoms with Gasteiger partial charge in [-0.3, -0.25) is 4.90 Å². The molecule has 1 aromatic carbocycles. The zero-order chi connectivity index (χ0) is 13.0. The Morgan fingerprint density at radius 1 is 1.44 bits per heavy atom. The molecule has 1 aliphatic rings.